The van der Waals surface area contributed by atoms with Gasteiger partial charge in [0, 0.05) is 6.04 Å². The highest BCUT2D eigenvalue weighted by Crippen LogP contribution is 2.24. The van der Waals surface area contributed by atoms with Crippen LogP contribution in [-0.2, 0) is 0 Å². The molecule has 0 bridgehead atoms. The first-order chi connectivity index (χ1) is 9.67. The molecule has 5 heteroatoms. The van der Waals surface area contributed by atoms with Crippen molar-refractivity contribution in [2.45, 2.75) is 44.8 Å². The number of benzene rings is 1. The van der Waals surface area contributed by atoms with Gasteiger partial charge in [0.15, 0.2) is 0 Å². The fourth-order valence-electron chi connectivity index (χ4n) is 2.07. The predicted octanol–water partition coefficient (Wildman–Crippen LogP) is 3.93. The molecule has 1 aromatic carbocycles. The van der Waals surface area contributed by atoms with Crippen molar-refractivity contribution in [3.8, 4) is 5.75 Å². The molecule has 1 rings (SSSR count). The van der Waals surface area contributed by atoms with Crippen LogP contribution in [0.15, 0.2) is 36.9 Å². The van der Waals surface area contributed by atoms with Crippen molar-refractivity contribution in [1.29, 1.82) is 0 Å². The summed E-state index contributed by atoms with van der Waals surface area (Å²) in [6, 6.07) is 6.59. The molecule has 20 heavy (non-hydrogen) atoms. The molecule has 1 unspecified atom stereocenters. The molecule has 0 amide bonds. The molecule has 0 fully saturated rings. The Kier molecular flexibility index (Phi) is 7.84. The van der Waals surface area contributed by atoms with Crippen LogP contribution in [0.2, 0.25) is 0 Å². The van der Waals surface area contributed by atoms with E-state index in [2.05, 4.69) is 16.7 Å². The second kappa shape index (κ2) is 9.44. The van der Waals surface area contributed by atoms with E-state index in [0.29, 0.717) is 0 Å². The summed E-state index contributed by atoms with van der Waals surface area (Å²) in [5.74, 6) is 5.70. The van der Waals surface area contributed by atoms with Gasteiger partial charge in [-0.2, -0.15) is 8.78 Å². The van der Waals surface area contributed by atoms with Gasteiger partial charge in [0.1, 0.15) is 5.75 Å². The van der Waals surface area contributed by atoms with Crippen LogP contribution in [0, 0.1) is 0 Å². The number of rotatable bonds is 10. The minimum atomic E-state index is -2.81. The van der Waals surface area contributed by atoms with E-state index < -0.39 is 6.61 Å². The normalized spacial score (nSPS) is 12.4. The van der Waals surface area contributed by atoms with Gasteiger partial charge < -0.3 is 4.74 Å². The monoisotopic (exact) mass is 284 g/mol. The van der Waals surface area contributed by atoms with Crippen LogP contribution < -0.4 is 16.0 Å². The molecular weight excluding hydrogens is 262 g/mol. The van der Waals surface area contributed by atoms with E-state index in [0.717, 1.165) is 37.7 Å². The lowest BCUT2D eigenvalue weighted by molar-refractivity contribution is -0.0499. The van der Waals surface area contributed by atoms with Gasteiger partial charge in [-0.15, -0.1) is 6.58 Å². The molecule has 0 aliphatic carbocycles. The van der Waals surface area contributed by atoms with Gasteiger partial charge in [0.05, 0.1) is 0 Å². The largest absolute Gasteiger partial charge is 0.435 e. The molecule has 0 aliphatic heterocycles. The summed E-state index contributed by atoms with van der Waals surface area (Å²) in [7, 11) is 0. The molecule has 1 atom stereocenters. The molecule has 3 nitrogen and oxygen atoms in total. The van der Waals surface area contributed by atoms with Crippen molar-refractivity contribution in [2.75, 3.05) is 0 Å². The Bertz CT molecular complexity index is 399. The number of hydrogen-bond acceptors (Lipinski definition) is 3. The number of alkyl halides is 2. The smallest absolute Gasteiger partial charge is 0.387 e. The van der Waals surface area contributed by atoms with Crippen molar-refractivity contribution in [1.82, 2.24) is 5.43 Å². The van der Waals surface area contributed by atoms with E-state index in [9.17, 15) is 8.78 Å². The third kappa shape index (κ3) is 6.12. The molecule has 0 heterocycles. The number of unbranched alkanes of at least 4 members (excludes halogenated alkanes) is 3. The molecule has 0 aromatic heterocycles. The van der Waals surface area contributed by atoms with E-state index in [1.54, 1.807) is 12.1 Å². The molecule has 0 saturated carbocycles. The summed E-state index contributed by atoms with van der Waals surface area (Å²) in [5, 5.41) is 0. The lowest BCUT2D eigenvalue weighted by atomic mass is 10.0. The fraction of sp³-hybridized carbons (Fsp3) is 0.467. The highest BCUT2D eigenvalue weighted by molar-refractivity contribution is 5.30. The first-order valence-electron chi connectivity index (χ1n) is 6.79. The van der Waals surface area contributed by atoms with E-state index in [1.807, 2.05) is 12.1 Å². The minimum absolute atomic E-state index is 0.0556. The molecule has 1 aromatic rings. The van der Waals surface area contributed by atoms with Gasteiger partial charge in [0.2, 0.25) is 0 Å². The molecule has 0 aliphatic rings. The summed E-state index contributed by atoms with van der Waals surface area (Å²) >= 11 is 0. The maximum absolute atomic E-state index is 12.2. The lowest BCUT2D eigenvalue weighted by Crippen LogP contribution is -2.28. The zero-order chi connectivity index (χ0) is 14.8. The van der Waals surface area contributed by atoms with Crippen LogP contribution in [0.5, 0.6) is 5.75 Å². The SMILES string of the molecule is C=CCCCCCC(NN)c1cccc(OC(F)F)c1. The third-order valence-corrected chi connectivity index (χ3v) is 3.09. The second-order valence-corrected chi connectivity index (χ2v) is 4.60. The average molecular weight is 284 g/mol. The van der Waals surface area contributed by atoms with Gasteiger partial charge >= 0.3 is 6.61 Å². The van der Waals surface area contributed by atoms with Gasteiger partial charge in [-0.3, -0.25) is 11.3 Å². The van der Waals surface area contributed by atoms with Crippen molar-refractivity contribution < 1.29 is 13.5 Å². The number of hydrogen-bond donors (Lipinski definition) is 2. The Hall–Kier alpha value is -1.46. The van der Waals surface area contributed by atoms with Crippen LogP contribution in [0.4, 0.5) is 8.78 Å². The standard InChI is InChI=1S/C15H22F2N2O/c1-2-3-4-5-6-10-14(19-18)12-8-7-9-13(11-12)20-15(16)17/h2,7-9,11,14-15,19H,1,3-6,10,18H2. The number of nitrogens with one attached hydrogen (secondary N) is 1. The fourth-order valence-corrected chi connectivity index (χ4v) is 2.07. The first kappa shape index (κ1) is 16.6. The minimum Gasteiger partial charge on any atom is -0.435 e. The van der Waals surface area contributed by atoms with Crippen LogP contribution in [-0.4, -0.2) is 6.61 Å². The van der Waals surface area contributed by atoms with Crippen molar-refractivity contribution in [2.24, 2.45) is 5.84 Å². The Morgan fingerprint density at radius 1 is 1.30 bits per heavy atom. The van der Waals surface area contributed by atoms with E-state index in [1.165, 1.54) is 6.07 Å². The Morgan fingerprint density at radius 3 is 2.75 bits per heavy atom. The highest BCUT2D eigenvalue weighted by atomic mass is 19.3. The summed E-state index contributed by atoms with van der Waals surface area (Å²) in [6.45, 7) is 0.871. The van der Waals surface area contributed by atoms with Gasteiger partial charge in [-0.1, -0.05) is 31.1 Å². The van der Waals surface area contributed by atoms with E-state index in [-0.39, 0.29) is 11.8 Å². The molecule has 3 N–H and O–H groups in total. The maximum atomic E-state index is 12.2. The van der Waals surface area contributed by atoms with Crippen LogP contribution in [0.25, 0.3) is 0 Å². The van der Waals surface area contributed by atoms with Crippen LogP contribution in [0.1, 0.15) is 43.7 Å². The third-order valence-electron chi connectivity index (χ3n) is 3.09. The number of ether oxygens (including phenoxy) is 1. The summed E-state index contributed by atoms with van der Waals surface area (Å²) in [6.07, 6.45) is 6.99. The molecule has 0 spiro atoms. The van der Waals surface area contributed by atoms with Gasteiger partial charge in [0.25, 0.3) is 0 Å². The number of allylic oxidation sites excluding steroid dienone is 1. The number of hydrazine groups is 1. The van der Waals surface area contributed by atoms with Gasteiger partial charge in [-0.05, 0) is 37.0 Å². The molecular formula is C15H22F2N2O. The van der Waals surface area contributed by atoms with Crippen molar-refractivity contribution in [3.05, 3.63) is 42.5 Å². The summed E-state index contributed by atoms with van der Waals surface area (Å²) in [4.78, 5) is 0. The van der Waals surface area contributed by atoms with Crippen molar-refractivity contribution >= 4 is 0 Å². The van der Waals surface area contributed by atoms with E-state index in [4.69, 9.17) is 5.84 Å². The summed E-state index contributed by atoms with van der Waals surface area (Å²) in [5.41, 5.74) is 3.58. The zero-order valence-corrected chi connectivity index (χ0v) is 11.5. The van der Waals surface area contributed by atoms with Crippen molar-refractivity contribution in [3.63, 3.8) is 0 Å². The highest BCUT2D eigenvalue weighted by Gasteiger charge is 2.11. The van der Waals surface area contributed by atoms with Crippen LogP contribution >= 0.6 is 0 Å². The Labute approximate surface area is 118 Å². The Morgan fingerprint density at radius 2 is 2.10 bits per heavy atom. The quantitative estimate of drug-likeness (QED) is 0.296. The maximum Gasteiger partial charge on any atom is 0.387 e. The first-order valence-corrected chi connectivity index (χ1v) is 6.79. The second-order valence-electron chi connectivity index (χ2n) is 4.60. The molecule has 0 radical (unpaired) electrons. The average Bonchev–Trinajstić information content (AvgIpc) is 2.42. The molecule has 0 saturated heterocycles. The van der Waals surface area contributed by atoms with E-state index >= 15 is 0 Å². The topological polar surface area (TPSA) is 47.3 Å². The molecule has 112 valence electrons. The summed E-state index contributed by atoms with van der Waals surface area (Å²) < 4.78 is 28.8. The van der Waals surface area contributed by atoms with Gasteiger partial charge in [-0.25, -0.2) is 0 Å². The zero-order valence-electron chi connectivity index (χ0n) is 11.5. The lowest BCUT2D eigenvalue weighted by Gasteiger charge is -2.17. The number of halogens is 2. The number of nitrogens with two attached hydrogens (primary N) is 1. The predicted molar refractivity (Wildman–Crippen MR) is 76.4 cm³/mol. The van der Waals surface area contributed by atoms with Crippen LogP contribution in [0.3, 0.4) is 0 Å². The Balaban J connectivity index is 2.53.